The van der Waals surface area contributed by atoms with Gasteiger partial charge in [-0.15, -0.1) is 0 Å². The minimum absolute atomic E-state index is 0. The third-order valence-corrected chi connectivity index (χ3v) is 4.34. The van der Waals surface area contributed by atoms with E-state index < -0.39 is 18.0 Å². The van der Waals surface area contributed by atoms with E-state index in [-0.39, 0.29) is 25.5 Å². The molecule has 1 unspecified atom stereocenters. The van der Waals surface area contributed by atoms with E-state index >= 15 is 0 Å². The first kappa shape index (κ1) is 19.7. The molecule has 6 nitrogen and oxygen atoms in total. The molecule has 0 aliphatic carbocycles. The number of hydrogen-bond acceptors (Lipinski definition) is 6. The van der Waals surface area contributed by atoms with Crippen LogP contribution in [0.4, 0.5) is 0 Å². The number of benzene rings is 1. The van der Waals surface area contributed by atoms with Crippen LogP contribution >= 0.6 is 0 Å². The summed E-state index contributed by atoms with van der Waals surface area (Å²) in [4.78, 5) is 17.2. The van der Waals surface area contributed by atoms with E-state index in [1.165, 1.54) is 0 Å². The number of pyridine rings is 1. The summed E-state index contributed by atoms with van der Waals surface area (Å²) >= 11 is 0. The SMILES string of the molecule is O=C([O-])C1CCCN(C[C@@H](O)COc2cccc3ncccc23)C1.[Li+]. The fourth-order valence-corrected chi connectivity index (χ4v) is 3.15. The van der Waals surface area contributed by atoms with Crippen molar-refractivity contribution in [2.75, 3.05) is 26.2 Å². The average Bonchev–Trinajstić information content (AvgIpc) is 2.60. The van der Waals surface area contributed by atoms with E-state index in [2.05, 4.69) is 4.98 Å². The van der Waals surface area contributed by atoms with Crippen LogP contribution in [0.3, 0.4) is 0 Å². The molecular weight excluding hydrogens is 315 g/mol. The van der Waals surface area contributed by atoms with Gasteiger partial charge in [-0.3, -0.25) is 9.88 Å². The number of nitrogens with zero attached hydrogens (tertiary/aromatic N) is 2. The first-order chi connectivity index (χ1) is 11.6. The Bertz CT molecular complexity index is 707. The minimum Gasteiger partial charge on any atom is -0.550 e. The molecule has 2 aromatic rings. The van der Waals surface area contributed by atoms with E-state index in [4.69, 9.17) is 4.74 Å². The number of carbonyl (C=O) groups is 1. The molecule has 7 heteroatoms. The van der Waals surface area contributed by atoms with Crippen molar-refractivity contribution in [3.05, 3.63) is 36.5 Å². The summed E-state index contributed by atoms with van der Waals surface area (Å²) in [6, 6.07) is 9.40. The molecule has 1 saturated heterocycles. The second-order valence-electron chi connectivity index (χ2n) is 6.21. The predicted octanol–water partition coefficient (Wildman–Crippen LogP) is -2.56. The number of carboxylic acids is 1. The second-order valence-corrected chi connectivity index (χ2v) is 6.21. The Morgan fingerprint density at radius 1 is 1.40 bits per heavy atom. The normalized spacial score (nSPS) is 19.2. The Balaban J connectivity index is 0.00000225. The molecule has 0 saturated carbocycles. The molecule has 0 radical (unpaired) electrons. The van der Waals surface area contributed by atoms with Crippen LogP contribution in [-0.2, 0) is 4.79 Å². The number of likely N-dealkylation sites (tertiary alicyclic amines) is 1. The van der Waals surface area contributed by atoms with E-state index in [1.54, 1.807) is 6.20 Å². The third-order valence-electron chi connectivity index (χ3n) is 4.34. The zero-order chi connectivity index (χ0) is 16.9. The van der Waals surface area contributed by atoms with Crippen LogP contribution in [0.2, 0.25) is 0 Å². The molecule has 2 atom stereocenters. The van der Waals surface area contributed by atoms with Crippen molar-refractivity contribution in [1.82, 2.24) is 9.88 Å². The molecule has 1 fully saturated rings. The number of carboxylic acid groups (broad SMARTS) is 1. The molecule has 2 heterocycles. The van der Waals surface area contributed by atoms with E-state index in [0.29, 0.717) is 25.3 Å². The monoisotopic (exact) mass is 336 g/mol. The fourth-order valence-electron chi connectivity index (χ4n) is 3.15. The molecule has 0 spiro atoms. The largest absolute Gasteiger partial charge is 1.00 e. The molecule has 1 aromatic carbocycles. The van der Waals surface area contributed by atoms with Gasteiger partial charge in [0, 0.05) is 36.6 Å². The molecule has 1 aliphatic rings. The number of aliphatic hydroxyl groups is 1. The Morgan fingerprint density at radius 2 is 2.24 bits per heavy atom. The van der Waals surface area contributed by atoms with E-state index in [0.717, 1.165) is 23.9 Å². The Morgan fingerprint density at radius 3 is 3.04 bits per heavy atom. The molecule has 0 amide bonds. The number of aromatic nitrogens is 1. The Kier molecular flexibility index (Phi) is 7.27. The number of piperidine rings is 1. The third kappa shape index (κ3) is 5.19. The second kappa shape index (κ2) is 9.21. The summed E-state index contributed by atoms with van der Waals surface area (Å²) < 4.78 is 5.75. The summed E-state index contributed by atoms with van der Waals surface area (Å²) in [5.74, 6) is -0.768. The van der Waals surface area contributed by atoms with Crippen LogP contribution < -0.4 is 28.7 Å². The molecule has 3 rings (SSSR count). The van der Waals surface area contributed by atoms with Gasteiger partial charge in [0.05, 0.1) is 5.52 Å². The van der Waals surface area contributed by atoms with Crippen LogP contribution in [0.1, 0.15) is 12.8 Å². The van der Waals surface area contributed by atoms with E-state index in [1.807, 2.05) is 35.2 Å². The van der Waals surface area contributed by atoms with Gasteiger partial charge in [0.2, 0.25) is 0 Å². The summed E-state index contributed by atoms with van der Waals surface area (Å²) in [5.41, 5.74) is 0.845. The van der Waals surface area contributed by atoms with Crippen molar-refractivity contribution in [2.24, 2.45) is 5.92 Å². The molecule has 0 bridgehead atoms. The van der Waals surface area contributed by atoms with Crippen molar-refractivity contribution >= 4 is 16.9 Å². The summed E-state index contributed by atoms with van der Waals surface area (Å²) in [6.07, 6.45) is 2.50. The topological polar surface area (TPSA) is 85.7 Å². The van der Waals surface area contributed by atoms with Gasteiger partial charge >= 0.3 is 18.9 Å². The molecule has 1 aromatic heterocycles. The maximum absolute atomic E-state index is 11.0. The number of aliphatic carboxylic acids is 1. The standard InChI is InChI=1S/C18H22N2O4.Li/c21-14(11-20-9-3-4-13(10-20)18(22)23)12-24-17-7-1-6-16-15(17)5-2-8-19-16;/h1-2,5-8,13-14,21H,3-4,9-12H2,(H,22,23);/q;+1/p-1/t13?,14-;/m1./s1. The van der Waals surface area contributed by atoms with Crippen molar-refractivity contribution in [1.29, 1.82) is 0 Å². The van der Waals surface area contributed by atoms with E-state index in [9.17, 15) is 15.0 Å². The van der Waals surface area contributed by atoms with Crippen LogP contribution in [0.25, 0.3) is 10.9 Å². The zero-order valence-electron chi connectivity index (χ0n) is 14.4. The van der Waals surface area contributed by atoms with Crippen LogP contribution in [0.5, 0.6) is 5.75 Å². The fraction of sp³-hybridized carbons (Fsp3) is 0.444. The predicted molar refractivity (Wildman–Crippen MR) is 87.4 cm³/mol. The number of rotatable bonds is 6. The van der Waals surface area contributed by atoms with Gasteiger partial charge in [0.1, 0.15) is 18.5 Å². The molecule has 25 heavy (non-hydrogen) atoms. The first-order valence-electron chi connectivity index (χ1n) is 8.21. The first-order valence-corrected chi connectivity index (χ1v) is 8.21. The minimum atomic E-state index is -1.01. The molecular formula is C18H21LiN2O4. The van der Waals surface area contributed by atoms with Gasteiger partial charge in [-0.05, 0) is 43.7 Å². The van der Waals surface area contributed by atoms with Gasteiger partial charge in [-0.1, -0.05) is 6.07 Å². The van der Waals surface area contributed by atoms with Crippen LogP contribution in [0, 0.1) is 5.92 Å². The van der Waals surface area contributed by atoms with Crippen LogP contribution in [-0.4, -0.2) is 53.3 Å². The Labute approximate surface area is 159 Å². The summed E-state index contributed by atoms with van der Waals surface area (Å²) in [5, 5.41) is 22.1. The summed E-state index contributed by atoms with van der Waals surface area (Å²) in [7, 11) is 0. The van der Waals surface area contributed by atoms with Crippen molar-refractivity contribution in [3.63, 3.8) is 0 Å². The number of fused-ring (bicyclic) bond motifs is 1. The Hall–Kier alpha value is -1.58. The molecule has 128 valence electrons. The van der Waals surface area contributed by atoms with Crippen molar-refractivity contribution in [3.8, 4) is 5.75 Å². The zero-order valence-corrected chi connectivity index (χ0v) is 14.4. The van der Waals surface area contributed by atoms with Gasteiger partial charge in [0.15, 0.2) is 0 Å². The number of hydrogen-bond donors (Lipinski definition) is 1. The number of β-amino-alcohol motifs (C(OH)–C–C–N with tert-alkyl or cyclic N) is 1. The van der Waals surface area contributed by atoms with Gasteiger partial charge in [-0.25, -0.2) is 0 Å². The smallest absolute Gasteiger partial charge is 0.550 e. The number of carbonyl (C=O) groups excluding carboxylic acids is 1. The molecule has 1 N–H and O–H groups in total. The average molecular weight is 336 g/mol. The number of ether oxygens (including phenoxy) is 1. The van der Waals surface area contributed by atoms with Gasteiger partial charge < -0.3 is 19.7 Å². The van der Waals surface area contributed by atoms with Crippen LogP contribution in [0.15, 0.2) is 36.5 Å². The van der Waals surface area contributed by atoms with Gasteiger partial charge in [-0.2, -0.15) is 0 Å². The maximum atomic E-state index is 11.0. The maximum Gasteiger partial charge on any atom is 1.00 e. The number of aliphatic hydroxyl groups excluding tert-OH is 1. The summed E-state index contributed by atoms with van der Waals surface area (Å²) in [6.45, 7) is 1.77. The van der Waals surface area contributed by atoms with Crippen molar-refractivity contribution in [2.45, 2.75) is 18.9 Å². The van der Waals surface area contributed by atoms with Crippen molar-refractivity contribution < 1.29 is 38.6 Å². The quantitative estimate of drug-likeness (QED) is 0.584. The van der Waals surface area contributed by atoms with Gasteiger partial charge in [0.25, 0.3) is 0 Å². The molecule has 1 aliphatic heterocycles.